The van der Waals surface area contributed by atoms with Crippen molar-refractivity contribution < 1.29 is 27.1 Å². The van der Waals surface area contributed by atoms with Crippen LogP contribution in [-0.2, 0) is 12.7 Å². The molecule has 0 spiro atoms. The topological polar surface area (TPSA) is 63.8 Å². The van der Waals surface area contributed by atoms with Gasteiger partial charge in [-0.3, -0.25) is 0 Å². The van der Waals surface area contributed by atoms with E-state index >= 15 is 0 Å². The Balaban J connectivity index is 1.41. The van der Waals surface area contributed by atoms with Crippen molar-refractivity contribution in [1.82, 2.24) is 20.2 Å². The lowest BCUT2D eigenvalue weighted by atomic mass is 9.60. The van der Waals surface area contributed by atoms with E-state index in [2.05, 4.69) is 35.3 Å². The zero-order valence-corrected chi connectivity index (χ0v) is 22.4. The predicted molar refractivity (Wildman–Crippen MR) is 134 cm³/mol. The summed E-state index contributed by atoms with van der Waals surface area (Å²) < 4.78 is 67.2. The summed E-state index contributed by atoms with van der Waals surface area (Å²) in [5.41, 5.74) is -0.922. The Morgan fingerprint density at radius 3 is 2.45 bits per heavy atom. The summed E-state index contributed by atoms with van der Waals surface area (Å²) in [5.74, 6) is -2.02. The third kappa shape index (κ3) is 5.80. The van der Waals surface area contributed by atoms with E-state index in [0.717, 1.165) is 44.2 Å². The molecule has 0 bridgehead atoms. The monoisotopic (exact) mass is 540 g/mol. The maximum absolute atomic E-state index is 14.4. The summed E-state index contributed by atoms with van der Waals surface area (Å²) in [4.78, 5) is 1.44. The molecule has 0 saturated heterocycles. The normalized spacial score (nSPS) is 26.5. The smallest absolute Gasteiger partial charge is 0.384 e. The molecule has 2 saturated carbocycles. The quantitative estimate of drug-likeness (QED) is 0.281. The highest BCUT2D eigenvalue weighted by Crippen LogP contribution is 2.60. The SMILES string of the molecule is C[C@H](CCC(F)(F)C(C)(C)O)C1CC[C@H]2/C(=C/Cn3nnc(-c4ccc(C(F)(F)F)cc4)n3)CCC[C@]12C. The van der Waals surface area contributed by atoms with Gasteiger partial charge in [-0.2, -0.15) is 18.0 Å². The van der Waals surface area contributed by atoms with Crippen LogP contribution in [0.15, 0.2) is 35.9 Å². The van der Waals surface area contributed by atoms with Gasteiger partial charge in [0.2, 0.25) is 5.82 Å². The number of rotatable bonds is 8. The van der Waals surface area contributed by atoms with Crippen molar-refractivity contribution >= 4 is 0 Å². The summed E-state index contributed by atoms with van der Waals surface area (Å²) in [6, 6.07) is 4.69. The molecule has 1 aromatic heterocycles. The van der Waals surface area contributed by atoms with E-state index in [1.54, 1.807) is 0 Å². The van der Waals surface area contributed by atoms with Gasteiger partial charge in [-0.05, 0) is 92.9 Å². The first-order valence-electron chi connectivity index (χ1n) is 13.4. The average molecular weight is 541 g/mol. The van der Waals surface area contributed by atoms with Crippen molar-refractivity contribution in [2.75, 3.05) is 0 Å². The van der Waals surface area contributed by atoms with E-state index in [-0.39, 0.29) is 23.6 Å². The maximum atomic E-state index is 14.4. The highest BCUT2D eigenvalue weighted by molar-refractivity contribution is 5.54. The molecule has 0 amide bonds. The maximum Gasteiger partial charge on any atom is 0.416 e. The predicted octanol–water partition coefficient (Wildman–Crippen LogP) is 7.32. The van der Waals surface area contributed by atoms with Crippen LogP contribution in [0.3, 0.4) is 0 Å². The largest absolute Gasteiger partial charge is 0.416 e. The van der Waals surface area contributed by atoms with Crippen LogP contribution in [0.5, 0.6) is 0 Å². The molecule has 210 valence electrons. The van der Waals surface area contributed by atoms with Crippen molar-refractivity contribution in [3.05, 3.63) is 41.5 Å². The summed E-state index contributed by atoms with van der Waals surface area (Å²) >= 11 is 0. The molecule has 1 aromatic carbocycles. The standard InChI is InChI=1S/C28H37F5N4O/c1-18(13-16-27(29,30)25(2,3)38)22-11-12-23-19(6-5-15-26(22,23)4)14-17-37-35-24(34-36-37)20-7-9-21(10-8-20)28(31,32)33/h7-10,14,18,22-23,38H,5-6,11-13,15-17H2,1-4H3/b19-14+/t18-,22?,23+,26-/m1/s1. The number of alkyl halides is 5. The molecular formula is C28H37F5N4O. The number of nitrogens with zero attached hydrogens (tertiary/aromatic N) is 4. The highest BCUT2D eigenvalue weighted by atomic mass is 19.4. The summed E-state index contributed by atoms with van der Waals surface area (Å²) in [6.07, 6.45) is 2.86. The zero-order chi connectivity index (χ0) is 27.9. The van der Waals surface area contributed by atoms with Gasteiger partial charge in [0.1, 0.15) is 5.60 Å². The molecule has 1 N–H and O–H groups in total. The van der Waals surface area contributed by atoms with Gasteiger partial charge in [0, 0.05) is 12.0 Å². The lowest BCUT2D eigenvalue weighted by molar-refractivity contribution is -0.168. The van der Waals surface area contributed by atoms with Crippen molar-refractivity contribution in [2.24, 2.45) is 23.2 Å². The molecule has 2 aromatic rings. The second kappa shape index (κ2) is 10.3. The number of allylic oxidation sites excluding steroid dienone is 2. The van der Waals surface area contributed by atoms with E-state index in [4.69, 9.17) is 0 Å². The highest BCUT2D eigenvalue weighted by Gasteiger charge is 2.51. The van der Waals surface area contributed by atoms with Crippen molar-refractivity contribution in [3.8, 4) is 11.4 Å². The van der Waals surface area contributed by atoms with Crippen molar-refractivity contribution in [2.45, 2.75) is 96.9 Å². The lowest BCUT2D eigenvalue weighted by Crippen LogP contribution is -2.43. The van der Waals surface area contributed by atoms with E-state index < -0.39 is 23.3 Å². The Labute approximate surface area is 220 Å². The number of hydrogen-bond acceptors (Lipinski definition) is 4. The van der Waals surface area contributed by atoms with Crippen LogP contribution in [0, 0.1) is 23.2 Å². The number of aromatic nitrogens is 4. The number of benzene rings is 1. The van der Waals surface area contributed by atoms with Gasteiger partial charge in [0.25, 0.3) is 5.92 Å². The number of halogens is 5. The first kappa shape index (κ1) is 28.6. The summed E-state index contributed by atoms with van der Waals surface area (Å²) in [6.45, 7) is 7.11. The molecule has 38 heavy (non-hydrogen) atoms. The molecule has 2 fully saturated rings. The van der Waals surface area contributed by atoms with Crippen LogP contribution < -0.4 is 0 Å². The van der Waals surface area contributed by atoms with Gasteiger partial charge >= 0.3 is 6.18 Å². The molecule has 0 radical (unpaired) electrons. The van der Waals surface area contributed by atoms with E-state index in [1.807, 2.05) is 0 Å². The van der Waals surface area contributed by atoms with Crippen LogP contribution in [0.25, 0.3) is 11.4 Å². The van der Waals surface area contributed by atoms with Crippen molar-refractivity contribution in [3.63, 3.8) is 0 Å². The molecule has 1 unspecified atom stereocenters. The third-order valence-electron chi connectivity index (χ3n) is 8.97. The fourth-order valence-electron chi connectivity index (χ4n) is 6.62. The van der Waals surface area contributed by atoms with Gasteiger partial charge in [-0.25, -0.2) is 8.78 Å². The Hall–Kier alpha value is -2.36. The molecule has 4 rings (SSSR count). The first-order valence-corrected chi connectivity index (χ1v) is 13.4. The fourth-order valence-corrected chi connectivity index (χ4v) is 6.62. The first-order chi connectivity index (χ1) is 17.6. The number of fused-ring (bicyclic) bond motifs is 1. The minimum absolute atomic E-state index is 0.0364. The molecule has 5 nitrogen and oxygen atoms in total. The van der Waals surface area contributed by atoms with Crippen LogP contribution in [-0.4, -0.2) is 36.8 Å². The van der Waals surface area contributed by atoms with E-state index in [9.17, 15) is 27.1 Å². The Morgan fingerprint density at radius 1 is 1.13 bits per heavy atom. The zero-order valence-electron chi connectivity index (χ0n) is 22.4. The molecule has 0 aliphatic heterocycles. The van der Waals surface area contributed by atoms with Crippen LogP contribution in [0.4, 0.5) is 22.0 Å². The minimum atomic E-state index is -4.40. The molecule has 1 heterocycles. The van der Waals surface area contributed by atoms with Crippen LogP contribution in [0.2, 0.25) is 0 Å². The summed E-state index contributed by atoms with van der Waals surface area (Å²) in [7, 11) is 0. The van der Waals surface area contributed by atoms with E-state index in [1.165, 1.54) is 36.3 Å². The van der Waals surface area contributed by atoms with Crippen LogP contribution >= 0.6 is 0 Å². The van der Waals surface area contributed by atoms with Gasteiger partial charge in [0.05, 0.1) is 12.1 Å². The van der Waals surface area contributed by atoms with Gasteiger partial charge < -0.3 is 5.11 Å². The molecule has 4 atom stereocenters. The number of hydrogen-bond donors (Lipinski definition) is 1. The van der Waals surface area contributed by atoms with Crippen LogP contribution in [0.1, 0.15) is 78.2 Å². The van der Waals surface area contributed by atoms with Gasteiger partial charge in [0.15, 0.2) is 0 Å². The second-order valence-electron chi connectivity index (χ2n) is 11.9. The number of tetrazole rings is 1. The summed E-state index contributed by atoms with van der Waals surface area (Å²) in [5, 5.41) is 22.3. The van der Waals surface area contributed by atoms with Gasteiger partial charge in [-0.15, -0.1) is 10.2 Å². The third-order valence-corrected chi connectivity index (χ3v) is 8.97. The molecule has 2 aliphatic rings. The average Bonchev–Trinajstić information content (AvgIpc) is 3.44. The molecule has 10 heteroatoms. The van der Waals surface area contributed by atoms with E-state index in [0.29, 0.717) is 30.4 Å². The molecular weight excluding hydrogens is 503 g/mol. The Kier molecular flexibility index (Phi) is 7.78. The fraction of sp³-hybridized carbons (Fsp3) is 0.679. The second-order valence-corrected chi connectivity index (χ2v) is 11.9. The van der Waals surface area contributed by atoms with Gasteiger partial charge in [-0.1, -0.05) is 37.6 Å². The number of aliphatic hydroxyl groups is 1. The van der Waals surface area contributed by atoms with Crippen molar-refractivity contribution in [1.29, 1.82) is 0 Å². The molecule has 2 aliphatic carbocycles. The minimum Gasteiger partial charge on any atom is -0.384 e. The Morgan fingerprint density at radius 2 is 1.82 bits per heavy atom. The lowest BCUT2D eigenvalue weighted by Gasteiger charge is -2.44. The Bertz CT molecular complexity index is 1140.